The summed E-state index contributed by atoms with van der Waals surface area (Å²) in [4.78, 5) is 298. The van der Waals surface area contributed by atoms with Gasteiger partial charge >= 0.3 is 17.9 Å². The van der Waals surface area contributed by atoms with E-state index in [1.807, 2.05) is 5.32 Å². The van der Waals surface area contributed by atoms with E-state index in [2.05, 4.69) is 84.4 Å². The first-order chi connectivity index (χ1) is 59.3. The van der Waals surface area contributed by atoms with E-state index in [-0.39, 0.29) is 94.3 Å². The summed E-state index contributed by atoms with van der Waals surface area (Å²) in [5, 5.41) is 76.1. The summed E-state index contributed by atoms with van der Waals surface area (Å²) >= 11 is 0. The molecule has 0 aliphatic heterocycles. The molecule has 0 aliphatic carbocycles. The monoisotopic (exact) mass is 1800 g/mol. The van der Waals surface area contributed by atoms with Crippen molar-refractivity contribution in [1.82, 2.24) is 79.8 Å². The van der Waals surface area contributed by atoms with E-state index in [0.717, 1.165) is 24.3 Å². The molecular weight excluding hydrogens is 1680 g/mol. The van der Waals surface area contributed by atoms with E-state index in [9.17, 15) is 126 Å². The van der Waals surface area contributed by atoms with Gasteiger partial charge in [0, 0.05) is 44.5 Å². The molecule has 15 atom stereocenters. The molecule has 34 N–H and O–H groups in total. The lowest BCUT2D eigenvalue weighted by molar-refractivity contribution is -0.384. The van der Waals surface area contributed by atoms with Gasteiger partial charge in [-0.1, -0.05) is 80.4 Å². The first-order valence-electron chi connectivity index (χ1n) is 40.4. The van der Waals surface area contributed by atoms with Crippen molar-refractivity contribution in [1.29, 1.82) is 0 Å². The summed E-state index contributed by atoms with van der Waals surface area (Å²) in [5.74, 6) is -27.8. The molecule has 1 rings (SSSR count). The molecule has 0 spiro atoms. The van der Waals surface area contributed by atoms with Crippen molar-refractivity contribution in [3.63, 3.8) is 0 Å². The van der Waals surface area contributed by atoms with Crippen molar-refractivity contribution in [2.75, 3.05) is 32.7 Å². The molecule has 52 heteroatoms. The zero-order valence-corrected chi connectivity index (χ0v) is 72.0. The summed E-state index contributed by atoms with van der Waals surface area (Å²) in [6, 6.07) is -17.7. The molecule has 0 radical (unpaired) electrons. The number of carbonyl (C=O) groups excluding carboxylic acids is 18. The second kappa shape index (κ2) is 56.7. The van der Waals surface area contributed by atoms with Gasteiger partial charge in [0.05, 0.1) is 43.8 Å². The Morgan fingerprint density at radius 3 is 1.17 bits per heavy atom. The predicted octanol–water partition coefficient (Wildman–Crippen LogP) is -10.0. The number of benzene rings is 1. The maximum atomic E-state index is 14.4. The number of nitrogens with two attached hydrogens (primary N) is 8. The highest BCUT2D eigenvalue weighted by molar-refractivity contribution is 6.02. The molecule has 708 valence electrons. The maximum Gasteiger partial charge on any atom is 0.326 e. The van der Waals surface area contributed by atoms with Gasteiger partial charge in [-0.05, 0) is 81.1 Å². The largest absolute Gasteiger partial charge is 0.481 e. The molecule has 127 heavy (non-hydrogen) atoms. The molecule has 0 saturated carbocycles. The number of hydrogen-bond acceptors (Lipinski definition) is 26. The number of aliphatic imine (C=N–C) groups is 2. The lowest BCUT2D eigenvalue weighted by atomic mass is 9.94. The number of hydrogen-bond donors (Lipinski definition) is 26. The first kappa shape index (κ1) is 111. The Balaban J connectivity index is 3.54. The van der Waals surface area contributed by atoms with Gasteiger partial charge in [0.2, 0.25) is 106 Å². The molecular formula is C75H122N26O26. The molecule has 1 aromatic carbocycles. The highest BCUT2D eigenvalue weighted by Gasteiger charge is 2.40. The number of non-ortho nitro benzene ring substituents is 1. The van der Waals surface area contributed by atoms with E-state index >= 15 is 0 Å². The number of amides is 18. The number of nitro groups is 1. The molecule has 18 amide bonds. The van der Waals surface area contributed by atoms with Gasteiger partial charge in [-0.15, -0.1) is 0 Å². The lowest BCUT2D eigenvalue weighted by Crippen LogP contribution is -2.61. The van der Waals surface area contributed by atoms with E-state index in [1.54, 1.807) is 48.5 Å². The number of nitrogens with one attached hydrogen (secondary N) is 15. The number of aliphatic carboxylic acids is 3. The van der Waals surface area contributed by atoms with E-state index in [4.69, 9.17) is 45.9 Å². The van der Waals surface area contributed by atoms with Crippen LogP contribution in [0, 0.1) is 33.8 Å². The Bertz CT molecular complexity index is 4120. The second-order valence-electron chi connectivity index (χ2n) is 30.4. The average Bonchev–Trinajstić information content (AvgIpc) is 0.851. The summed E-state index contributed by atoms with van der Waals surface area (Å²) in [5.41, 5.74) is 42.7. The van der Waals surface area contributed by atoms with E-state index in [0.29, 0.717) is 0 Å². The average molecular weight is 1800 g/mol. The van der Waals surface area contributed by atoms with E-state index < -0.39 is 289 Å². The molecule has 0 unspecified atom stereocenters. The van der Waals surface area contributed by atoms with Crippen LogP contribution in [0.1, 0.15) is 158 Å². The number of nitrogens with zero attached hydrogens (tertiary/aromatic N) is 3. The Hall–Kier alpha value is -14.0. The minimum Gasteiger partial charge on any atom is -0.481 e. The Kier molecular flexibility index (Phi) is 49.6. The molecule has 1 aromatic rings. The third kappa shape index (κ3) is 43.7. The second-order valence-corrected chi connectivity index (χ2v) is 30.4. The van der Waals surface area contributed by atoms with Crippen LogP contribution < -0.4 is 126 Å². The fraction of sp³-hybridized carbons (Fsp3) is 0.613. The Morgan fingerprint density at radius 1 is 0.394 bits per heavy atom. The Labute approximate surface area is 729 Å². The SMILES string of the molecule is CC[C@H](C)[C@H](NC(=O)[C@H](C)NC(=O)[C@H](CC(C)C)NC(=O)[C@H](CCC(N)=O)NC(=O)[C@H](CCCN=C(N)N)NC(=O)CNC(=O)[C@@H](NC(=O)[C@H](CCC(N)=O)NC(=O)CN)C(C)C)C(=O)N[C@H](C(=O)NCC(=O)N[C@@H](CC(=O)O)C(=O)N[C@@H](CC(=O)O)C(=O)N[C@@H](Cc1ccc([N+](=O)[O-])cc1)C(=O)N[C@@H](CC(N)=O)C(=O)N[C@@H](CCCN=C(N)N)C(=O)O)[C@@H](C)CC. The van der Waals surface area contributed by atoms with Gasteiger partial charge in [-0.25, -0.2) is 4.79 Å². The fourth-order valence-electron chi connectivity index (χ4n) is 11.8. The quantitative estimate of drug-likeness (QED) is 0.00947. The number of primary amides is 3. The molecule has 0 saturated heterocycles. The summed E-state index contributed by atoms with van der Waals surface area (Å²) in [6.07, 6.45) is -6.07. The van der Waals surface area contributed by atoms with Crippen LogP contribution >= 0.6 is 0 Å². The van der Waals surface area contributed by atoms with Crippen LogP contribution in [0.2, 0.25) is 0 Å². The molecule has 0 aliphatic rings. The van der Waals surface area contributed by atoms with Crippen molar-refractivity contribution < 1.29 is 121 Å². The van der Waals surface area contributed by atoms with Crippen molar-refractivity contribution in [2.24, 2.45) is 79.5 Å². The van der Waals surface area contributed by atoms with Crippen molar-refractivity contribution >= 4 is 142 Å². The standard InChI is InChI=1S/C75H122N26O26/c1-10-36(7)59(71(122)87-33-55(107)91-48(29-56(108)109)68(119)97-49(30-57(110)111)69(120)95-46(27-39-16-18-40(19-17-39)101(126)127)66(117)96-47(28-52(79)104)67(118)93-44(73(124)125)15-13-25-85-75(82)83)100-72(123)60(37(8)11-2)99-61(112)38(9)88-65(116)45(26-34(3)4)94-63(114)43(21-23-51(78)103)92-62(113)41(14-12-24-84-74(80)81)90-54(106)32-86-70(121)58(35(5)6)98-64(115)42(20-22-50(77)102)89-53(105)31-76/h16-19,34-38,41-49,58-60H,10-15,20-33,76H2,1-9H3,(H2,77,102)(H2,78,103)(H2,79,104)(H,86,121)(H,87,122)(H,88,116)(H,89,105)(H,90,106)(H,91,107)(H,92,113)(H,93,118)(H,94,114)(H,95,120)(H,96,117)(H,97,119)(H,98,115)(H,99,112)(H,100,123)(H,108,109)(H,110,111)(H,124,125)(H4,80,81,84)(H4,82,83,85)/t36-,37-,38-,41-,42-,43-,44-,45-,46-,47-,48-,49-,58-,59-,60-/m0/s1. The Morgan fingerprint density at radius 2 is 0.748 bits per heavy atom. The van der Waals surface area contributed by atoms with Crippen LogP contribution in [-0.2, 0) is 107 Å². The van der Waals surface area contributed by atoms with Crippen LogP contribution in [0.25, 0.3) is 0 Å². The van der Waals surface area contributed by atoms with Crippen LogP contribution in [-0.4, -0.2) is 268 Å². The zero-order chi connectivity index (χ0) is 96.8. The maximum absolute atomic E-state index is 14.4. The topological polar surface area (TPSA) is 876 Å². The van der Waals surface area contributed by atoms with Gasteiger partial charge in [0.15, 0.2) is 11.9 Å². The van der Waals surface area contributed by atoms with Crippen LogP contribution in [0.4, 0.5) is 5.69 Å². The number of carboxylic acid groups (broad SMARTS) is 3. The summed E-state index contributed by atoms with van der Waals surface area (Å²) in [6.45, 7) is 11.5. The van der Waals surface area contributed by atoms with Crippen LogP contribution in [0.3, 0.4) is 0 Å². The summed E-state index contributed by atoms with van der Waals surface area (Å²) < 4.78 is 0. The molecule has 52 nitrogen and oxygen atoms in total. The lowest BCUT2D eigenvalue weighted by Gasteiger charge is -2.30. The number of carbonyl (C=O) groups is 21. The minimum absolute atomic E-state index is 0.00172. The fourth-order valence-corrected chi connectivity index (χ4v) is 11.8. The highest BCUT2D eigenvalue weighted by Crippen LogP contribution is 2.18. The van der Waals surface area contributed by atoms with Crippen LogP contribution in [0.5, 0.6) is 0 Å². The first-order valence-corrected chi connectivity index (χ1v) is 40.4. The molecule has 0 aromatic heterocycles. The molecule has 0 fully saturated rings. The number of guanidine groups is 2. The van der Waals surface area contributed by atoms with E-state index in [1.165, 1.54) is 13.8 Å². The summed E-state index contributed by atoms with van der Waals surface area (Å²) in [7, 11) is 0. The normalized spacial score (nSPS) is 14.5. The van der Waals surface area contributed by atoms with Crippen molar-refractivity contribution in [3.8, 4) is 0 Å². The predicted molar refractivity (Wildman–Crippen MR) is 448 cm³/mol. The van der Waals surface area contributed by atoms with Gasteiger partial charge in [0.1, 0.15) is 78.5 Å². The number of carboxylic acids is 3. The third-order valence-corrected chi connectivity index (χ3v) is 19.1. The van der Waals surface area contributed by atoms with Crippen LogP contribution in [0.15, 0.2) is 34.3 Å². The van der Waals surface area contributed by atoms with Gasteiger partial charge < -0.3 is 141 Å². The van der Waals surface area contributed by atoms with Gasteiger partial charge in [-0.2, -0.15) is 0 Å². The number of rotatable bonds is 61. The molecule has 0 bridgehead atoms. The van der Waals surface area contributed by atoms with Gasteiger partial charge in [0.25, 0.3) is 5.69 Å². The molecule has 0 heterocycles. The smallest absolute Gasteiger partial charge is 0.326 e. The van der Waals surface area contributed by atoms with Gasteiger partial charge in [-0.3, -0.25) is 116 Å². The third-order valence-electron chi connectivity index (χ3n) is 19.1. The zero-order valence-electron chi connectivity index (χ0n) is 72.0. The minimum atomic E-state index is -2.26. The highest BCUT2D eigenvalue weighted by atomic mass is 16.6. The van der Waals surface area contributed by atoms with Crippen molar-refractivity contribution in [2.45, 2.75) is 237 Å². The van der Waals surface area contributed by atoms with Crippen molar-refractivity contribution in [3.05, 3.63) is 39.9 Å². The number of nitro benzene ring substituents is 1.